The molecular formula is C28H33NO4. The largest absolute Gasteiger partial charge is 0.450 e. The molecule has 5 heteroatoms. The smallest absolute Gasteiger partial charge is 0.290 e. The summed E-state index contributed by atoms with van der Waals surface area (Å²) in [5.41, 5.74) is 3.87. The minimum atomic E-state index is -0.471. The highest BCUT2D eigenvalue weighted by atomic mass is 16.5. The van der Waals surface area contributed by atoms with Gasteiger partial charge in [-0.15, -0.1) is 0 Å². The first-order chi connectivity index (χ1) is 15.6. The molecule has 1 aliphatic heterocycles. The monoisotopic (exact) mass is 447 g/mol. The fraction of sp³-hybridized carbons (Fsp3) is 0.429. The first-order valence-corrected chi connectivity index (χ1v) is 11.7. The Balaban J connectivity index is 1.81. The minimum Gasteiger partial charge on any atom is -0.450 e. The maximum Gasteiger partial charge on any atom is 0.290 e. The van der Waals surface area contributed by atoms with Crippen molar-refractivity contribution < 1.29 is 13.9 Å². The normalized spacial score (nSPS) is 16.2. The van der Waals surface area contributed by atoms with E-state index >= 15 is 0 Å². The van der Waals surface area contributed by atoms with Gasteiger partial charge in [0.15, 0.2) is 5.43 Å². The van der Waals surface area contributed by atoms with Crippen molar-refractivity contribution in [3.8, 4) is 0 Å². The topological polar surface area (TPSA) is 59.8 Å². The lowest BCUT2D eigenvalue weighted by Gasteiger charge is -2.26. The minimum absolute atomic E-state index is 0.0164. The molecule has 4 rings (SSSR count). The molecule has 0 bridgehead atoms. The molecule has 0 radical (unpaired) electrons. The molecule has 0 N–H and O–H groups in total. The number of hydrogen-bond acceptors (Lipinski definition) is 4. The summed E-state index contributed by atoms with van der Waals surface area (Å²) in [5, 5.41) is 0.517. The van der Waals surface area contributed by atoms with Crippen molar-refractivity contribution in [3.63, 3.8) is 0 Å². The Kier molecular flexibility index (Phi) is 6.19. The van der Waals surface area contributed by atoms with Gasteiger partial charge in [-0.3, -0.25) is 9.59 Å². The number of nitrogens with zero attached hydrogens (tertiary/aromatic N) is 1. The lowest BCUT2D eigenvalue weighted by molar-refractivity contribution is 0.0593. The van der Waals surface area contributed by atoms with Crippen molar-refractivity contribution in [3.05, 3.63) is 80.7 Å². The Morgan fingerprint density at radius 1 is 1.06 bits per heavy atom. The Labute approximate surface area is 195 Å². The molecule has 0 spiro atoms. The number of carbonyl (C=O) groups is 1. The number of rotatable bonds is 6. The second-order valence-corrected chi connectivity index (χ2v) is 10.2. The number of fused-ring (bicyclic) bond motifs is 2. The van der Waals surface area contributed by atoms with E-state index < -0.39 is 6.04 Å². The molecule has 1 aliphatic rings. The molecule has 1 amide bonds. The molecule has 0 saturated carbocycles. The molecule has 1 atom stereocenters. The molecule has 5 nitrogen and oxygen atoms in total. The third-order valence-corrected chi connectivity index (χ3v) is 6.21. The van der Waals surface area contributed by atoms with E-state index in [-0.39, 0.29) is 28.6 Å². The van der Waals surface area contributed by atoms with E-state index in [9.17, 15) is 9.59 Å². The number of carbonyl (C=O) groups excluding carboxylic acids is 1. The second-order valence-electron chi connectivity index (χ2n) is 10.2. The number of ether oxygens (including phenoxy) is 1. The van der Waals surface area contributed by atoms with Crippen LogP contribution in [0, 0.1) is 6.92 Å². The Bertz CT molecular complexity index is 1230. The van der Waals surface area contributed by atoms with Gasteiger partial charge in [-0.05, 0) is 55.9 Å². The summed E-state index contributed by atoms with van der Waals surface area (Å²) in [6.07, 6.45) is 0.815. The molecule has 1 unspecified atom stereocenters. The van der Waals surface area contributed by atoms with E-state index in [1.807, 2.05) is 45.0 Å². The van der Waals surface area contributed by atoms with Crippen LogP contribution in [0.2, 0.25) is 0 Å². The Morgan fingerprint density at radius 3 is 2.39 bits per heavy atom. The van der Waals surface area contributed by atoms with Gasteiger partial charge in [-0.1, -0.05) is 56.7 Å². The van der Waals surface area contributed by atoms with Gasteiger partial charge in [0.25, 0.3) is 5.91 Å². The molecule has 174 valence electrons. The summed E-state index contributed by atoms with van der Waals surface area (Å²) >= 11 is 0. The fourth-order valence-electron chi connectivity index (χ4n) is 4.43. The summed E-state index contributed by atoms with van der Waals surface area (Å²) in [7, 11) is 0. The predicted octanol–water partition coefficient (Wildman–Crippen LogP) is 5.76. The zero-order chi connectivity index (χ0) is 23.9. The first-order valence-electron chi connectivity index (χ1n) is 11.7. The maximum absolute atomic E-state index is 13.6. The van der Waals surface area contributed by atoms with Crippen molar-refractivity contribution in [2.24, 2.45) is 0 Å². The van der Waals surface area contributed by atoms with E-state index in [2.05, 4.69) is 32.9 Å². The van der Waals surface area contributed by atoms with Crippen molar-refractivity contribution >= 4 is 16.9 Å². The third kappa shape index (κ3) is 4.47. The van der Waals surface area contributed by atoms with Gasteiger partial charge in [0.2, 0.25) is 5.76 Å². The molecule has 0 fully saturated rings. The molecule has 33 heavy (non-hydrogen) atoms. The van der Waals surface area contributed by atoms with Crippen LogP contribution < -0.4 is 5.43 Å². The van der Waals surface area contributed by atoms with Crippen LogP contribution in [0.1, 0.15) is 79.9 Å². The van der Waals surface area contributed by atoms with Crippen LogP contribution >= 0.6 is 0 Å². The predicted molar refractivity (Wildman–Crippen MR) is 131 cm³/mol. The van der Waals surface area contributed by atoms with E-state index in [0.29, 0.717) is 36.1 Å². The molecular weight excluding hydrogens is 414 g/mol. The van der Waals surface area contributed by atoms with Gasteiger partial charge < -0.3 is 14.1 Å². The van der Waals surface area contributed by atoms with Crippen LogP contribution in [-0.2, 0) is 10.2 Å². The molecule has 0 saturated heterocycles. The van der Waals surface area contributed by atoms with E-state index in [1.54, 1.807) is 11.0 Å². The van der Waals surface area contributed by atoms with Crippen LogP contribution in [0.5, 0.6) is 0 Å². The first kappa shape index (κ1) is 23.2. The van der Waals surface area contributed by atoms with E-state index in [1.165, 1.54) is 5.56 Å². The summed E-state index contributed by atoms with van der Waals surface area (Å²) in [6, 6.07) is 13.3. The number of benzene rings is 2. The quantitative estimate of drug-likeness (QED) is 0.451. The van der Waals surface area contributed by atoms with Crippen LogP contribution in [0.4, 0.5) is 0 Å². The standard InChI is InChI=1S/C28H33NO4/c1-17(2)32-15-7-14-29-24(19-9-11-20(12-10-19)28(4,5)6)23-25(30)21-16-18(3)8-13-22(21)33-26(23)27(29)31/h8-13,16-17,24H,7,14-15H2,1-6H3. The Morgan fingerprint density at radius 2 is 1.76 bits per heavy atom. The lowest BCUT2D eigenvalue weighted by atomic mass is 9.86. The average Bonchev–Trinajstić information content (AvgIpc) is 3.03. The summed E-state index contributed by atoms with van der Waals surface area (Å²) in [5.74, 6) is -0.0787. The number of amides is 1. The summed E-state index contributed by atoms with van der Waals surface area (Å²) < 4.78 is 11.7. The highest BCUT2D eigenvalue weighted by molar-refractivity contribution is 5.99. The lowest BCUT2D eigenvalue weighted by Crippen LogP contribution is -2.31. The number of aryl methyl sites for hydroxylation is 1. The third-order valence-electron chi connectivity index (χ3n) is 6.21. The molecule has 3 aromatic rings. The highest BCUT2D eigenvalue weighted by Gasteiger charge is 2.42. The SMILES string of the molecule is Cc1ccc2oc3c(c(=O)c2c1)C(c1ccc(C(C)(C)C)cc1)N(CCCOC(C)C)C3=O. The van der Waals surface area contributed by atoms with Crippen LogP contribution in [-0.4, -0.2) is 30.1 Å². The van der Waals surface area contributed by atoms with Crippen LogP contribution in [0.3, 0.4) is 0 Å². The zero-order valence-electron chi connectivity index (χ0n) is 20.4. The van der Waals surface area contributed by atoms with Gasteiger partial charge >= 0.3 is 0 Å². The highest BCUT2D eigenvalue weighted by Crippen LogP contribution is 2.39. The zero-order valence-corrected chi connectivity index (χ0v) is 20.4. The molecule has 2 heterocycles. The van der Waals surface area contributed by atoms with Crippen LogP contribution in [0.25, 0.3) is 11.0 Å². The maximum atomic E-state index is 13.6. The van der Waals surface area contributed by atoms with Crippen molar-refractivity contribution in [1.29, 1.82) is 0 Å². The van der Waals surface area contributed by atoms with Gasteiger partial charge in [-0.25, -0.2) is 0 Å². The fourth-order valence-corrected chi connectivity index (χ4v) is 4.43. The number of hydrogen-bond donors (Lipinski definition) is 0. The van der Waals surface area contributed by atoms with Gasteiger partial charge in [-0.2, -0.15) is 0 Å². The second kappa shape index (κ2) is 8.79. The average molecular weight is 448 g/mol. The van der Waals surface area contributed by atoms with E-state index in [4.69, 9.17) is 9.15 Å². The van der Waals surface area contributed by atoms with Crippen molar-refractivity contribution in [1.82, 2.24) is 4.90 Å². The Hall–Kier alpha value is -2.92. The molecule has 2 aromatic carbocycles. The van der Waals surface area contributed by atoms with Gasteiger partial charge in [0.1, 0.15) is 5.58 Å². The van der Waals surface area contributed by atoms with E-state index in [0.717, 1.165) is 11.1 Å². The molecule has 0 aliphatic carbocycles. The van der Waals surface area contributed by atoms with Gasteiger partial charge in [0.05, 0.1) is 23.1 Å². The van der Waals surface area contributed by atoms with Crippen molar-refractivity contribution in [2.75, 3.05) is 13.2 Å². The summed E-state index contributed by atoms with van der Waals surface area (Å²) in [6.45, 7) is 13.5. The summed E-state index contributed by atoms with van der Waals surface area (Å²) in [4.78, 5) is 28.8. The van der Waals surface area contributed by atoms with Crippen LogP contribution in [0.15, 0.2) is 51.7 Å². The van der Waals surface area contributed by atoms with Crippen molar-refractivity contribution in [2.45, 2.75) is 65.5 Å². The van der Waals surface area contributed by atoms with Gasteiger partial charge in [0, 0.05) is 13.2 Å². The molecule has 1 aromatic heterocycles.